The molecule has 0 aromatic carbocycles. The largest absolute Gasteiger partial charge is 0.327 e. The van der Waals surface area contributed by atoms with Crippen LogP contribution in [0.25, 0.3) is 0 Å². The Balaban J connectivity index is 2.38. The third kappa shape index (κ3) is 3.02. The molecule has 0 unspecified atom stereocenters. The van der Waals surface area contributed by atoms with Crippen molar-refractivity contribution in [3.8, 4) is 0 Å². The molecule has 0 saturated carbocycles. The van der Waals surface area contributed by atoms with Gasteiger partial charge in [0, 0.05) is 24.7 Å². The molecule has 1 heterocycles. The highest BCUT2D eigenvalue weighted by molar-refractivity contribution is 7.99. The summed E-state index contributed by atoms with van der Waals surface area (Å²) < 4.78 is 0. The Labute approximate surface area is 76.1 Å². The van der Waals surface area contributed by atoms with E-state index in [4.69, 9.17) is 5.73 Å². The molecule has 0 spiro atoms. The molecular formula is C8H11N3S. The second-order valence-electron chi connectivity index (χ2n) is 2.27. The average molecular weight is 181 g/mol. The SMILES string of the molecule is C=C(CN)CSc1ncccn1. The molecule has 4 heteroatoms. The van der Waals surface area contributed by atoms with E-state index in [2.05, 4.69) is 16.5 Å². The molecule has 1 aromatic heterocycles. The van der Waals surface area contributed by atoms with Crippen molar-refractivity contribution in [1.29, 1.82) is 0 Å². The van der Waals surface area contributed by atoms with Crippen molar-refractivity contribution in [1.82, 2.24) is 9.97 Å². The Hall–Kier alpha value is -0.870. The third-order valence-electron chi connectivity index (χ3n) is 1.24. The van der Waals surface area contributed by atoms with Gasteiger partial charge >= 0.3 is 0 Å². The highest BCUT2D eigenvalue weighted by Gasteiger charge is 1.96. The summed E-state index contributed by atoms with van der Waals surface area (Å²) >= 11 is 1.55. The molecule has 3 nitrogen and oxygen atoms in total. The Kier molecular flexibility index (Phi) is 3.76. The molecule has 1 aromatic rings. The van der Waals surface area contributed by atoms with Gasteiger partial charge in [0.05, 0.1) is 0 Å². The van der Waals surface area contributed by atoms with Gasteiger partial charge in [-0.15, -0.1) is 0 Å². The fourth-order valence-corrected chi connectivity index (χ4v) is 1.31. The zero-order chi connectivity index (χ0) is 8.81. The van der Waals surface area contributed by atoms with Gasteiger partial charge in [0.15, 0.2) is 5.16 Å². The van der Waals surface area contributed by atoms with Crippen LogP contribution in [0.1, 0.15) is 0 Å². The summed E-state index contributed by atoms with van der Waals surface area (Å²) in [7, 11) is 0. The summed E-state index contributed by atoms with van der Waals surface area (Å²) in [5, 5.41) is 0.770. The second-order valence-corrected chi connectivity index (χ2v) is 3.22. The van der Waals surface area contributed by atoms with E-state index in [-0.39, 0.29) is 0 Å². The van der Waals surface area contributed by atoms with Crippen LogP contribution >= 0.6 is 11.8 Å². The number of nitrogens with two attached hydrogens (primary N) is 1. The summed E-state index contributed by atoms with van der Waals surface area (Å²) in [6.45, 7) is 4.31. The molecule has 0 aliphatic rings. The maximum Gasteiger partial charge on any atom is 0.187 e. The van der Waals surface area contributed by atoms with E-state index < -0.39 is 0 Å². The Bertz CT molecular complexity index is 248. The fraction of sp³-hybridized carbons (Fsp3) is 0.250. The number of thioether (sulfide) groups is 1. The van der Waals surface area contributed by atoms with E-state index in [1.807, 2.05) is 0 Å². The van der Waals surface area contributed by atoms with Crippen LogP contribution in [0.2, 0.25) is 0 Å². The predicted molar refractivity (Wildman–Crippen MR) is 51.0 cm³/mol. The molecule has 0 saturated heterocycles. The quantitative estimate of drug-likeness (QED) is 0.429. The number of hydrogen-bond donors (Lipinski definition) is 1. The molecule has 0 fully saturated rings. The zero-order valence-corrected chi connectivity index (χ0v) is 7.55. The fourth-order valence-electron chi connectivity index (χ4n) is 0.585. The molecule has 0 aliphatic carbocycles. The van der Waals surface area contributed by atoms with Crippen molar-refractivity contribution in [3.05, 3.63) is 30.6 Å². The molecular weight excluding hydrogens is 170 g/mol. The van der Waals surface area contributed by atoms with Gasteiger partial charge in [-0.3, -0.25) is 0 Å². The van der Waals surface area contributed by atoms with E-state index in [0.717, 1.165) is 16.5 Å². The second kappa shape index (κ2) is 4.90. The maximum atomic E-state index is 5.38. The van der Waals surface area contributed by atoms with Gasteiger partial charge < -0.3 is 5.73 Å². The highest BCUT2D eigenvalue weighted by Crippen LogP contribution is 2.13. The number of aromatic nitrogens is 2. The molecule has 0 radical (unpaired) electrons. The van der Waals surface area contributed by atoms with Crippen molar-refractivity contribution < 1.29 is 0 Å². The number of rotatable bonds is 4. The van der Waals surface area contributed by atoms with E-state index in [1.165, 1.54) is 0 Å². The van der Waals surface area contributed by atoms with Crippen LogP contribution in [-0.2, 0) is 0 Å². The topological polar surface area (TPSA) is 51.8 Å². The minimum absolute atomic E-state index is 0.528. The summed E-state index contributed by atoms with van der Waals surface area (Å²) in [6.07, 6.45) is 3.45. The van der Waals surface area contributed by atoms with Crippen molar-refractivity contribution in [3.63, 3.8) is 0 Å². The molecule has 1 rings (SSSR count). The minimum Gasteiger partial charge on any atom is -0.327 e. The normalized spacial score (nSPS) is 9.75. The smallest absolute Gasteiger partial charge is 0.187 e. The molecule has 0 amide bonds. The van der Waals surface area contributed by atoms with Gasteiger partial charge in [-0.2, -0.15) is 0 Å². The van der Waals surface area contributed by atoms with Gasteiger partial charge in [0.25, 0.3) is 0 Å². The predicted octanol–water partition coefficient (Wildman–Crippen LogP) is 1.08. The van der Waals surface area contributed by atoms with E-state index >= 15 is 0 Å². The van der Waals surface area contributed by atoms with Crippen LogP contribution in [-0.4, -0.2) is 22.3 Å². The van der Waals surface area contributed by atoms with Crippen molar-refractivity contribution in [2.75, 3.05) is 12.3 Å². The zero-order valence-electron chi connectivity index (χ0n) is 6.73. The monoisotopic (exact) mass is 181 g/mol. The van der Waals surface area contributed by atoms with Crippen LogP contribution in [0.4, 0.5) is 0 Å². The van der Waals surface area contributed by atoms with E-state index in [1.54, 1.807) is 30.2 Å². The first-order valence-corrected chi connectivity index (χ1v) is 4.58. The van der Waals surface area contributed by atoms with Crippen molar-refractivity contribution in [2.24, 2.45) is 5.73 Å². The third-order valence-corrected chi connectivity index (χ3v) is 2.26. The molecule has 12 heavy (non-hydrogen) atoms. The van der Waals surface area contributed by atoms with Gasteiger partial charge in [0.1, 0.15) is 0 Å². The lowest BCUT2D eigenvalue weighted by atomic mass is 10.4. The number of nitrogens with zero attached hydrogens (tertiary/aromatic N) is 2. The first-order chi connectivity index (χ1) is 5.83. The van der Waals surface area contributed by atoms with Gasteiger partial charge in [0.2, 0.25) is 0 Å². The highest BCUT2D eigenvalue weighted by atomic mass is 32.2. The van der Waals surface area contributed by atoms with Crippen molar-refractivity contribution in [2.45, 2.75) is 5.16 Å². The maximum absolute atomic E-state index is 5.38. The first-order valence-electron chi connectivity index (χ1n) is 3.59. The summed E-state index contributed by atoms with van der Waals surface area (Å²) in [5.74, 6) is 0.792. The molecule has 0 atom stereocenters. The molecule has 64 valence electrons. The molecule has 0 bridgehead atoms. The minimum atomic E-state index is 0.528. The van der Waals surface area contributed by atoms with Crippen LogP contribution in [0, 0.1) is 0 Å². The van der Waals surface area contributed by atoms with Gasteiger partial charge in [-0.25, -0.2) is 9.97 Å². The van der Waals surface area contributed by atoms with Gasteiger partial charge in [-0.05, 0) is 6.07 Å². The lowest BCUT2D eigenvalue weighted by Crippen LogP contribution is -2.03. The Morgan fingerprint density at radius 1 is 1.50 bits per heavy atom. The number of hydrogen-bond acceptors (Lipinski definition) is 4. The van der Waals surface area contributed by atoms with Crippen LogP contribution in [0.3, 0.4) is 0 Å². The van der Waals surface area contributed by atoms with Crippen LogP contribution < -0.4 is 5.73 Å². The Morgan fingerprint density at radius 2 is 2.17 bits per heavy atom. The average Bonchev–Trinajstić information content (AvgIpc) is 2.16. The Morgan fingerprint density at radius 3 is 2.75 bits per heavy atom. The summed E-state index contributed by atoms with van der Waals surface area (Å²) in [4.78, 5) is 8.11. The molecule has 0 aliphatic heterocycles. The van der Waals surface area contributed by atoms with Crippen LogP contribution in [0.5, 0.6) is 0 Å². The summed E-state index contributed by atoms with van der Waals surface area (Å²) in [5.41, 5.74) is 6.39. The van der Waals surface area contributed by atoms with E-state index in [0.29, 0.717) is 6.54 Å². The van der Waals surface area contributed by atoms with Crippen molar-refractivity contribution >= 4 is 11.8 Å². The van der Waals surface area contributed by atoms with Gasteiger partial charge in [-0.1, -0.05) is 23.9 Å². The first kappa shape index (κ1) is 9.22. The standard InChI is InChI=1S/C8H11N3S/c1-7(5-9)6-12-8-10-3-2-4-11-8/h2-4H,1,5-6,9H2. The van der Waals surface area contributed by atoms with E-state index in [9.17, 15) is 0 Å². The van der Waals surface area contributed by atoms with Crippen LogP contribution in [0.15, 0.2) is 35.8 Å². The lowest BCUT2D eigenvalue weighted by molar-refractivity contribution is 0.967. The molecule has 2 N–H and O–H groups in total. The lowest BCUT2D eigenvalue weighted by Gasteiger charge is -1.99. The summed E-state index contributed by atoms with van der Waals surface area (Å²) in [6, 6.07) is 1.79.